The fourth-order valence-corrected chi connectivity index (χ4v) is 2.42. The summed E-state index contributed by atoms with van der Waals surface area (Å²) < 4.78 is 36.7. The second-order valence-corrected chi connectivity index (χ2v) is 6.07. The topological polar surface area (TPSA) is 90.5 Å². The van der Waals surface area contributed by atoms with Crippen LogP contribution in [0.3, 0.4) is 0 Å². The van der Waals surface area contributed by atoms with Crippen molar-refractivity contribution in [2.24, 2.45) is 0 Å². The fourth-order valence-electron chi connectivity index (χ4n) is 2.42. The van der Waals surface area contributed by atoms with E-state index in [9.17, 15) is 27.9 Å². The average molecular weight is 395 g/mol. The van der Waals surface area contributed by atoms with Crippen molar-refractivity contribution in [2.75, 3.05) is 18.5 Å². The molecular formula is C19H20F3N3O3. The number of nitrogens with one attached hydrogen (secondary N) is 3. The minimum atomic E-state index is -4.52. The van der Waals surface area contributed by atoms with Crippen molar-refractivity contribution in [1.82, 2.24) is 10.6 Å². The van der Waals surface area contributed by atoms with Crippen molar-refractivity contribution in [3.05, 3.63) is 65.2 Å². The molecule has 0 aliphatic rings. The first-order valence-corrected chi connectivity index (χ1v) is 8.38. The molecule has 0 spiro atoms. The Morgan fingerprint density at radius 2 is 1.79 bits per heavy atom. The normalized spacial score (nSPS) is 12.2. The molecule has 2 aromatic carbocycles. The first kappa shape index (κ1) is 21.2. The maximum Gasteiger partial charge on any atom is 0.405 e. The van der Waals surface area contributed by atoms with E-state index in [2.05, 4.69) is 10.6 Å². The van der Waals surface area contributed by atoms with E-state index in [-0.39, 0.29) is 17.9 Å². The summed E-state index contributed by atoms with van der Waals surface area (Å²) in [4.78, 5) is 24.1. The van der Waals surface area contributed by atoms with Gasteiger partial charge in [-0.1, -0.05) is 36.4 Å². The number of aliphatic hydroxyl groups is 1. The van der Waals surface area contributed by atoms with E-state index < -0.39 is 30.7 Å². The number of rotatable bonds is 6. The molecule has 0 unspecified atom stereocenters. The van der Waals surface area contributed by atoms with E-state index in [1.165, 1.54) is 18.2 Å². The number of carbonyl (C=O) groups is 2. The summed E-state index contributed by atoms with van der Waals surface area (Å²) in [6.45, 7) is -0.0950. The molecule has 2 rings (SSSR count). The molecule has 0 aliphatic heterocycles. The van der Waals surface area contributed by atoms with Crippen LogP contribution in [0.15, 0.2) is 48.5 Å². The maximum absolute atomic E-state index is 12.3. The summed E-state index contributed by atoms with van der Waals surface area (Å²) >= 11 is 0. The highest BCUT2D eigenvalue weighted by atomic mass is 19.4. The van der Waals surface area contributed by atoms with Gasteiger partial charge in [-0.2, -0.15) is 13.2 Å². The van der Waals surface area contributed by atoms with E-state index in [1.54, 1.807) is 42.6 Å². The summed E-state index contributed by atoms with van der Waals surface area (Å²) in [5.41, 5.74) is 1.56. The standard InChI is InChI=1S/C19H20F3N3O3/c1-12-7-8-14(17(27)23-11-19(20,21)22)9-15(12)24-18(28)25-16(10-26)13-5-3-2-4-6-13/h2-9,16,26H,10-11H2,1H3,(H,23,27)(H2,24,25,28)/t16-/m1/s1. The number of halogens is 3. The lowest BCUT2D eigenvalue weighted by Gasteiger charge is -2.18. The van der Waals surface area contributed by atoms with Gasteiger partial charge in [-0.15, -0.1) is 0 Å². The second-order valence-electron chi connectivity index (χ2n) is 6.07. The van der Waals surface area contributed by atoms with Crippen LogP contribution in [0, 0.1) is 6.92 Å². The summed E-state index contributed by atoms with van der Waals surface area (Å²) in [7, 11) is 0. The molecule has 1 atom stereocenters. The minimum absolute atomic E-state index is 0.0214. The van der Waals surface area contributed by atoms with E-state index in [1.807, 2.05) is 0 Å². The highest BCUT2D eigenvalue weighted by molar-refractivity contribution is 5.97. The van der Waals surface area contributed by atoms with Crippen LogP contribution in [0.2, 0.25) is 0 Å². The fraction of sp³-hybridized carbons (Fsp3) is 0.263. The van der Waals surface area contributed by atoms with Crippen LogP contribution < -0.4 is 16.0 Å². The number of amides is 3. The van der Waals surface area contributed by atoms with E-state index in [0.717, 1.165) is 0 Å². The molecule has 0 aliphatic carbocycles. The Balaban J connectivity index is 2.06. The number of urea groups is 1. The van der Waals surface area contributed by atoms with Crippen molar-refractivity contribution < 1.29 is 27.9 Å². The van der Waals surface area contributed by atoms with Crippen molar-refractivity contribution in [3.8, 4) is 0 Å². The molecule has 0 bridgehead atoms. The number of alkyl halides is 3. The Labute approximate surface area is 159 Å². The number of carbonyl (C=O) groups excluding carboxylic acids is 2. The number of hydrogen-bond acceptors (Lipinski definition) is 3. The number of hydrogen-bond donors (Lipinski definition) is 4. The van der Waals surface area contributed by atoms with Crippen molar-refractivity contribution in [3.63, 3.8) is 0 Å². The van der Waals surface area contributed by atoms with E-state index in [0.29, 0.717) is 11.1 Å². The SMILES string of the molecule is Cc1ccc(C(=O)NCC(F)(F)F)cc1NC(=O)N[C@H](CO)c1ccccc1. The predicted octanol–water partition coefficient (Wildman–Crippen LogP) is 3.14. The van der Waals surface area contributed by atoms with Crippen LogP contribution in [-0.2, 0) is 0 Å². The quantitative estimate of drug-likeness (QED) is 0.606. The van der Waals surface area contributed by atoms with Gasteiger partial charge in [0.1, 0.15) is 6.54 Å². The predicted molar refractivity (Wildman–Crippen MR) is 98.0 cm³/mol. The van der Waals surface area contributed by atoms with Gasteiger partial charge in [-0.3, -0.25) is 4.79 Å². The molecule has 0 aromatic heterocycles. The molecule has 28 heavy (non-hydrogen) atoms. The van der Waals surface area contributed by atoms with Gasteiger partial charge < -0.3 is 21.1 Å². The third kappa shape index (κ3) is 6.27. The Morgan fingerprint density at radius 3 is 2.39 bits per heavy atom. The van der Waals surface area contributed by atoms with E-state index in [4.69, 9.17) is 0 Å². The van der Waals surface area contributed by atoms with Crippen LogP contribution >= 0.6 is 0 Å². The zero-order valence-corrected chi connectivity index (χ0v) is 15.0. The van der Waals surface area contributed by atoms with Gasteiger partial charge in [0.15, 0.2) is 0 Å². The van der Waals surface area contributed by atoms with Crippen molar-refractivity contribution in [1.29, 1.82) is 0 Å². The van der Waals surface area contributed by atoms with Crippen LogP contribution in [0.25, 0.3) is 0 Å². The van der Waals surface area contributed by atoms with Crippen LogP contribution in [0.4, 0.5) is 23.7 Å². The molecule has 3 amide bonds. The van der Waals surface area contributed by atoms with Gasteiger partial charge in [0.25, 0.3) is 5.91 Å². The molecule has 150 valence electrons. The third-order valence-electron chi connectivity index (χ3n) is 3.89. The molecule has 2 aromatic rings. The molecule has 9 heteroatoms. The molecule has 4 N–H and O–H groups in total. The number of aliphatic hydroxyl groups excluding tert-OH is 1. The third-order valence-corrected chi connectivity index (χ3v) is 3.89. The summed E-state index contributed by atoms with van der Waals surface area (Å²) in [5, 5.41) is 16.4. The van der Waals surface area contributed by atoms with Crippen LogP contribution in [0.5, 0.6) is 0 Å². The molecule has 0 saturated carbocycles. The van der Waals surface area contributed by atoms with Gasteiger partial charge in [0, 0.05) is 11.3 Å². The zero-order valence-electron chi connectivity index (χ0n) is 15.0. The van der Waals surface area contributed by atoms with Gasteiger partial charge in [-0.25, -0.2) is 4.79 Å². The molecule has 0 heterocycles. The molecule has 0 saturated heterocycles. The Hall–Kier alpha value is -3.07. The lowest BCUT2D eigenvalue weighted by atomic mass is 10.1. The summed E-state index contributed by atoms with van der Waals surface area (Å²) in [6, 6.07) is 11.7. The maximum atomic E-state index is 12.3. The summed E-state index contributed by atoms with van der Waals surface area (Å²) in [6.07, 6.45) is -4.52. The minimum Gasteiger partial charge on any atom is -0.394 e. The summed E-state index contributed by atoms with van der Waals surface area (Å²) in [5.74, 6) is -0.904. The largest absolute Gasteiger partial charge is 0.405 e. The smallest absolute Gasteiger partial charge is 0.394 e. The lowest BCUT2D eigenvalue weighted by Crippen LogP contribution is -2.35. The molecule has 0 fully saturated rings. The highest BCUT2D eigenvalue weighted by Crippen LogP contribution is 2.19. The molecule has 6 nitrogen and oxygen atoms in total. The lowest BCUT2D eigenvalue weighted by molar-refractivity contribution is -0.123. The van der Waals surface area contributed by atoms with Gasteiger partial charge in [-0.05, 0) is 30.2 Å². The Kier molecular flexibility index (Phi) is 7.00. The Bertz CT molecular complexity index is 826. The van der Waals surface area contributed by atoms with Crippen molar-refractivity contribution in [2.45, 2.75) is 19.1 Å². The van der Waals surface area contributed by atoms with Gasteiger partial charge in [0.2, 0.25) is 0 Å². The number of aryl methyl sites for hydroxylation is 1. The second kappa shape index (κ2) is 9.23. The zero-order chi connectivity index (χ0) is 20.7. The van der Waals surface area contributed by atoms with Crippen LogP contribution in [0.1, 0.15) is 27.5 Å². The monoisotopic (exact) mass is 395 g/mol. The van der Waals surface area contributed by atoms with Gasteiger partial charge >= 0.3 is 12.2 Å². The average Bonchev–Trinajstić information content (AvgIpc) is 2.66. The first-order chi connectivity index (χ1) is 13.2. The highest BCUT2D eigenvalue weighted by Gasteiger charge is 2.28. The molecular weight excluding hydrogens is 375 g/mol. The van der Waals surface area contributed by atoms with E-state index >= 15 is 0 Å². The number of benzene rings is 2. The Morgan fingerprint density at radius 1 is 1.11 bits per heavy atom. The van der Waals surface area contributed by atoms with Gasteiger partial charge in [0.05, 0.1) is 12.6 Å². The van der Waals surface area contributed by atoms with Crippen LogP contribution in [-0.4, -0.2) is 36.4 Å². The molecule has 0 radical (unpaired) electrons. The number of anilines is 1. The first-order valence-electron chi connectivity index (χ1n) is 8.38. The van der Waals surface area contributed by atoms with Crippen molar-refractivity contribution >= 4 is 17.6 Å².